The maximum atomic E-state index is 6.07. The Morgan fingerprint density at radius 1 is 1.10 bits per heavy atom. The molecule has 2 aromatic carbocycles. The second-order valence-electron chi connectivity index (χ2n) is 5.71. The number of nitrogens with zero attached hydrogens (tertiary/aromatic N) is 1. The van der Waals surface area contributed by atoms with Crippen molar-refractivity contribution in [3.8, 4) is 0 Å². The molecule has 0 bridgehead atoms. The van der Waals surface area contributed by atoms with Crippen LogP contribution >= 0.6 is 11.6 Å². The molecule has 3 heteroatoms. The lowest BCUT2D eigenvalue weighted by atomic mass is 10.0. The lowest BCUT2D eigenvalue weighted by Crippen LogP contribution is -2.41. The quantitative estimate of drug-likeness (QED) is 0.899. The van der Waals surface area contributed by atoms with Gasteiger partial charge in [0.1, 0.15) is 0 Å². The SMILES string of the molecule is Clc1cccc(CN2CCCC(Nc3ccccc3)C2)c1. The van der Waals surface area contributed by atoms with Gasteiger partial charge in [0.05, 0.1) is 0 Å². The van der Waals surface area contributed by atoms with E-state index in [9.17, 15) is 0 Å². The molecule has 1 aliphatic rings. The first-order valence-corrected chi connectivity index (χ1v) is 7.96. The first kappa shape index (κ1) is 14.4. The minimum atomic E-state index is 0.528. The first-order valence-electron chi connectivity index (χ1n) is 7.58. The molecular formula is C18H21ClN2. The van der Waals surface area contributed by atoms with Gasteiger partial charge in [0.15, 0.2) is 0 Å². The molecule has 1 aliphatic heterocycles. The van der Waals surface area contributed by atoms with E-state index in [-0.39, 0.29) is 0 Å². The molecular weight excluding hydrogens is 280 g/mol. The van der Waals surface area contributed by atoms with E-state index in [1.54, 1.807) is 0 Å². The van der Waals surface area contributed by atoms with Crippen LogP contribution in [-0.4, -0.2) is 24.0 Å². The third-order valence-electron chi connectivity index (χ3n) is 3.95. The zero-order chi connectivity index (χ0) is 14.5. The molecule has 0 aliphatic carbocycles. The molecule has 0 amide bonds. The van der Waals surface area contributed by atoms with Gasteiger partial charge in [-0.15, -0.1) is 0 Å². The highest BCUT2D eigenvalue weighted by molar-refractivity contribution is 6.30. The van der Waals surface area contributed by atoms with Crippen molar-refractivity contribution in [1.82, 2.24) is 4.90 Å². The first-order chi connectivity index (χ1) is 10.3. The molecule has 1 fully saturated rings. The Morgan fingerprint density at radius 3 is 2.76 bits per heavy atom. The summed E-state index contributed by atoms with van der Waals surface area (Å²) < 4.78 is 0. The number of para-hydroxylation sites is 1. The predicted molar refractivity (Wildman–Crippen MR) is 89.8 cm³/mol. The molecule has 1 unspecified atom stereocenters. The predicted octanol–water partition coefficient (Wildman–Crippen LogP) is 4.42. The zero-order valence-corrected chi connectivity index (χ0v) is 12.9. The second-order valence-corrected chi connectivity index (χ2v) is 6.15. The van der Waals surface area contributed by atoms with Crippen LogP contribution in [-0.2, 0) is 6.54 Å². The second kappa shape index (κ2) is 6.97. The van der Waals surface area contributed by atoms with Crippen molar-refractivity contribution in [2.75, 3.05) is 18.4 Å². The summed E-state index contributed by atoms with van der Waals surface area (Å²) in [6.45, 7) is 3.23. The molecule has 1 N–H and O–H groups in total. The number of piperidine rings is 1. The summed E-state index contributed by atoms with van der Waals surface area (Å²) in [6, 6.07) is 19.2. The molecule has 21 heavy (non-hydrogen) atoms. The van der Waals surface area contributed by atoms with Crippen LogP contribution in [0.3, 0.4) is 0 Å². The zero-order valence-electron chi connectivity index (χ0n) is 12.1. The fourth-order valence-electron chi connectivity index (χ4n) is 2.98. The molecule has 0 saturated carbocycles. The molecule has 0 radical (unpaired) electrons. The minimum absolute atomic E-state index is 0.528. The van der Waals surface area contributed by atoms with Gasteiger partial charge in [-0.25, -0.2) is 0 Å². The molecule has 0 spiro atoms. The number of hydrogen-bond donors (Lipinski definition) is 1. The number of benzene rings is 2. The number of rotatable bonds is 4. The third kappa shape index (κ3) is 4.23. The Morgan fingerprint density at radius 2 is 1.95 bits per heavy atom. The molecule has 2 aromatic rings. The van der Waals surface area contributed by atoms with Gasteiger partial charge >= 0.3 is 0 Å². The highest BCUT2D eigenvalue weighted by atomic mass is 35.5. The van der Waals surface area contributed by atoms with E-state index in [0.29, 0.717) is 6.04 Å². The van der Waals surface area contributed by atoms with E-state index in [1.165, 1.54) is 30.6 Å². The summed E-state index contributed by atoms with van der Waals surface area (Å²) >= 11 is 6.07. The van der Waals surface area contributed by atoms with E-state index in [1.807, 2.05) is 12.1 Å². The molecule has 2 nitrogen and oxygen atoms in total. The highest BCUT2D eigenvalue weighted by Gasteiger charge is 2.19. The average Bonchev–Trinajstić information content (AvgIpc) is 2.49. The van der Waals surface area contributed by atoms with Crippen LogP contribution in [0, 0.1) is 0 Å². The summed E-state index contributed by atoms with van der Waals surface area (Å²) in [5, 5.41) is 4.46. The standard InChI is InChI=1S/C18H21ClN2/c19-16-7-4-6-15(12-16)13-21-11-5-10-18(14-21)20-17-8-2-1-3-9-17/h1-4,6-9,12,18,20H,5,10-11,13-14H2. The van der Waals surface area contributed by atoms with Crippen molar-refractivity contribution in [2.24, 2.45) is 0 Å². The van der Waals surface area contributed by atoms with Crippen LogP contribution in [0.15, 0.2) is 54.6 Å². The monoisotopic (exact) mass is 300 g/mol. The van der Waals surface area contributed by atoms with Crippen LogP contribution in [0.4, 0.5) is 5.69 Å². The van der Waals surface area contributed by atoms with E-state index < -0.39 is 0 Å². The number of nitrogens with one attached hydrogen (secondary N) is 1. The van der Waals surface area contributed by atoms with Gasteiger partial charge in [-0.05, 0) is 49.2 Å². The van der Waals surface area contributed by atoms with Gasteiger partial charge in [-0.3, -0.25) is 4.90 Å². The average molecular weight is 301 g/mol. The van der Waals surface area contributed by atoms with Crippen molar-refractivity contribution in [1.29, 1.82) is 0 Å². The van der Waals surface area contributed by atoms with Crippen molar-refractivity contribution in [3.05, 3.63) is 65.2 Å². The van der Waals surface area contributed by atoms with Gasteiger partial charge in [-0.1, -0.05) is 41.9 Å². The molecule has 1 heterocycles. The fourth-order valence-corrected chi connectivity index (χ4v) is 3.19. The maximum Gasteiger partial charge on any atom is 0.0409 e. The van der Waals surface area contributed by atoms with Crippen molar-refractivity contribution in [2.45, 2.75) is 25.4 Å². The van der Waals surface area contributed by atoms with Gasteiger partial charge in [0, 0.05) is 29.8 Å². The molecule has 110 valence electrons. The van der Waals surface area contributed by atoms with E-state index in [4.69, 9.17) is 11.6 Å². The maximum absolute atomic E-state index is 6.07. The topological polar surface area (TPSA) is 15.3 Å². The normalized spacial score (nSPS) is 19.4. The summed E-state index contributed by atoms with van der Waals surface area (Å²) in [5.74, 6) is 0. The van der Waals surface area contributed by atoms with Gasteiger partial charge in [0.25, 0.3) is 0 Å². The van der Waals surface area contributed by atoms with Crippen LogP contribution in [0.5, 0.6) is 0 Å². The van der Waals surface area contributed by atoms with Crippen LogP contribution in [0.2, 0.25) is 5.02 Å². The smallest absolute Gasteiger partial charge is 0.0409 e. The summed E-state index contributed by atoms with van der Waals surface area (Å²) in [4.78, 5) is 2.51. The van der Waals surface area contributed by atoms with Crippen LogP contribution in [0.1, 0.15) is 18.4 Å². The molecule has 0 aromatic heterocycles. The van der Waals surface area contributed by atoms with E-state index >= 15 is 0 Å². The fraction of sp³-hybridized carbons (Fsp3) is 0.333. The number of likely N-dealkylation sites (tertiary alicyclic amines) is 1. The Hall–Kier alpha value is -1.51. The van der Waals surface area contributed by atoms with Crippen molar-refractivity contribution in [3.63, 3.8) is 0 Å². The number of hydrogen-bond acceptors (Lipinski definition) is 2. The summed E-state index contributed by atoms with van der Waals surface area (Å²) in [5.41, 5.74) is 2.51. The minimum Gasteiger partial charge on any atom is -0.381 e. The number of halogens is 1. The highest BCUT2D eigenvalue weighted by Crippen LogP contribution is 2.19. The molecule has 3 rings (SSSR count). The van der Waals surface area contributed by atoms with Gasteiger partial charge in [0.2, 0.25) is 0 Å². The summed E-state index contributed by atoms with van der Waals surface area (Å²) in [6.07, 6.45) is 2.48. The lowest BCUT2D eigenvalue weighted by molar-refractivity contribution is 0.208. The Balaban J connectivity index is 1.58. The van der Waals surface area contributed by atoms with E-state index in [0.717, 1.165) is 18.1 Å². The molecule has 1 atom stereocenters. The largest absolute Gasteiger partial charge is 0.381 e. The Kier molecular flexibility index (Phi) is 4.79. The van der Waals surface area contributed by atoms with Crippen LogP contribution < -0.4 is 5.32 Å². The molecule has 1 saturated heterocycles. The van der Waals surface area contributed by atoms with Gasteiger partial charge < -0.3 is 5.32 Å². The Labute approximate surface area is 131 Å². The van der Waals surface area contributed by atoms with Crippen molar-refractivity contribution >= 4 is 17.3 Å². The third-order valence-corrected chi connectivity index (χ3v) is 4.18. The Bertz CT molecular complexity index is 570. The van der Waals surface area contributed by atoms with Crippen LogP contribution in [0.25, 0.3) is 0 Å². The lowest BCUT2D eigenvalue weighted by Gasteiger charge is -2.33. The van der Waals surface area contributed by atoms with E-state index in [2.05, 4.69) is 52.7 Å². The van der Waals surface area contributed by atoms with Gasteiger partial charge in [-0.2, -0.15) is 0 Å². The summed E-state index contributed by atoms with van der Waals surface area (Å²) in [7, 11) is 0. The number of anilines is 1. The van der Waals surface area contributed by atoms with Crippen molar-refractivity contribution < 1.29 is 0 Å².